The molecule has 3 saturated carbocycles. The fourth-order valence-corrected chi connectivity index (χ4v) is 7.28. The Morgan fingerprint density at radius 3 is 2.60 bits per heavy atom. The van der Waals surface area contributed by atoms with E-state index >= 15 is 0 Å². The minimum atomic E-state index is -0.124. The third-order valence-corrected chi connectivity index (χ3v) is 8.59. The van der Waals surface area contributed by atoms with Crippen molar-refractivity contribution in [2.75, 3.05) is 0 Å². The van der Waals surface area contributed by atoms with Crippen LogP contribution in [0.5, 0.6) is 0 Å². The highest BCUT2D eigenvalue weighted by molar-refractivity contribution is 5.66. The molecule has 138 valence electrons. The van der Waals surface area contributed by atoms with E-state index in [2.05, 4.69) is 32.9 Å². The van der Waals surface area contributed by atoms with Crippen LogP contribution in [0.2, 0.25) is 0 Å². The fraction of sp³-hybridized carbons (Fsp3) is 0.783. The van der Waals surface area contributed by atoms with E-state index in [-0.39, 0.29) is 12.1 Å². The Kier molecular flexibility index (Phi) is 4.16. The summed E-state index contributed by atoms with van der Waals surface area (Å²) in [7, 11) is 0. The zero-order valence-corrected chi connectivity index (χ0v) is 16.4. The van der Waals surface area contributed by atoms with Gasteiger partial charge < -0.3 is 4.74 Å². The van der Waals surface area contributed by atoms with E-state index < -0.39 is 0 Å². The highest BCUT2D eigenvalue weighted by Crippen LogP contribution is 2.66. The molecule has 0 bridgehead atoms. The quantitative estimate of drug-likeness (QED) is 0.443. The number of carbonyl (C=O) groups excluding carboxylic acids is 1. The van der Waals surface area contributed by atoms with Crippen molar-refractivity contribution in [2.45, 2.75) is 85.2 Å². The predicted molar refractivity (Wildman–Crippen MR) is 101 cm³/mol. The summed E-state index contributed by atoms with van der Waals surface area (Å²) >= 11 is 0. The maximum atomic E-state index is 11.4. The smallest absolute Gasteiger partial charge is 0.302 e. The Bertz CT molecular complexity index is 630. The number of carbonyl (C=O) groups is 1. The van der Waals surface area contributed by atoms with Gasteiger partial charge in [-0.3, -0.25) is 4.79 Å². The van der Waals surface area contributed by atoms with Crippen LogP contribution in [0.1, 0.15) is 79.1 Å². The Morgan fingerprint density at radius 1 is 1.16 bits per heavy atom. The lowest BCUT2D eigenvalue weighted by Crippen LogP contribution is -2.49. The van der Waals surface area contributed by atoms with Crippen molar-refractivity contribution in [3.8, 4) is 0 Å². The van der Waals surface area contributed by atoms with Crippen LogP contribution in [0.3, 0.4) is 0 Å². The molecule has 4 aliphatic rings. The number of fused-ring (bicyclic) bond motifs is 5. The van der Waals surface area contributed by atoms with Gasteiger partial charge in [0.15, 0.2) is 0 Å². The molecule has 0 amide bonds. The van der Waals surface area contributed by atoms with Crippen LogP contribution < -0.4 is 0 Å². The molecule has 0 aromatic rings. The van der Waals surface area contributed by atoms with Gasteiger partial charge in [-0.1, -0.05) is 37.1 Å². The molecule has 0 saturated heterocycles. The first kappa shape index (κ1) is 17.4. The van der Waals surface area contributed by atoms with Crippen molar-refractivity contribution >= 4 is 5.97 Å². The molecule has 0 aromatic heterocycles. The molecule has 4 rings (SSSR count). The second-order valence-electron chi connectivity index (χ2n) is 9.54. The van der Waals surface area contributed by atoms with Gasteiger partial charge in [-0.2, -0.15) is 0 Å². The van der Waals surface area contributed by atoms with Crippen LogP contribution in [0.25, 0.3) is 0 Å². The summed E-state index contributed by atoms with van der Waals surface area (Å²) in [5, 5.41) is 0. The predicted octanol–water partition coefficient (Wildman–Crippen LogP) is 5.83. The molecule has 3 fully saturated rings. The average molecular weight is 343 g/mol. The number of hydrogen-bond acceptors (Lipinski definition) is 2. The van der Waals surface area contributed by atoms with Gasteiger partial charge in [-0.05, 0) is 80.5 Å². The van der Waals surface area contributed by atoms with Crippen LogP contribution in [-0.4, -0.2) is 12.1 Å². The highest BCUT2D eigenvalue weighted by Gasteiger charge is 2.57. The van der Waals surface area contributed by atoms with Crippen molar-refractivity contribution in [1.82, 2.24) is 0 Å². The van der Waals surface area contributed by atoms with Crippen molar-refractivity contribution < 1.29 is 9.53 Å². The lowest BCUT2D eigenvalue weighted by molar-refractivity contribution is -0.148. The summed E-state index contributed by atoms with van der Waals surface area (Å²) in [6.07, 6.45) is 15.0. The molecular weight excluding hydrogens is 308 g/mol. The third-order valence-electron chi connectivity index (χ3n) is 8.59. The molecule has 2 heteroatoms. The lowest BCUT2D eigenvalue weighted by Gasteiger charge is -2.57. The summed E-state index contributed by atoms with van der Waals surface area (Å²) in [6.45, 7) is 8.86. The summed E-state index contributed by atoms with van der Waals surface area (Å²) in [5.74, 6) is 2.44. The number of allylic oxidation sites excluding steroid dienone is 3. The Morgan fingerprint density at radius 2 is 1.88 bits per heavy atom. The Labute approximate surface area is 153 Å². The first-order valence-electron chi connectivity index (χ1n) is 10.4. The van der Waals surface area contributed by atoms with E-state index in [9.17, 15) is 4.79 Å². The normalized spacial score (nSPS) is 47.5. The molecule has 25 heavy (non-hydrogen) atoms. The van der Waals surface area contributed by atoms with Crippen LogP contribution >= 0.6 is 0 Å². The molecule has 0 N–H and O–H groups in total. The number of rotatable bonds is 1. The fourth-order valence-electron chi connectivity index (χ4n) is 7.28. The van der Waals surface area contributed by atoms with E-state index in [1.807, 2.05) is 0 Å². The van der Waals surface area contributed by atoms with Crippen LogP contribution in [0, 0.1) is 28.6 Å². The molecular formula is C23H34O2. The van der Waals surface area contributed by atoms with Gasteiger partial charge in [0.05, 0.1) is 0 Å². The molecule has 0 aromatic carbocycles. The molecule has 6 atom stereocenters. The summed E-state index contributed by atoms with van der Waals surface area (Å²) in [5.41, 5.74) is 4.14. The van der Waals surface area contributed by atoms with Gasteiger partial charge in [-0.15, -0.1) is 0 Å². The number of ether oxygens (including phenoxy) is 1. The third kappa shape index (κ3) is 2.54. The van der Waals surface area contributed by atoms with Crippen LogP contribution in [0.15, 0.2) is 23.3 Å². The molecule has 0 spiro atoms. The monoisotopic (exact) mass is 342 g/mol. The highest BCUT2D eigenvalue weighted by atomic mass is 16.5. The van der Waals surface area contributed by atoms with Crippen LogP contribution in [0.4, 0.5) is 0 Å². The van der Waals surface area contributed by atoms with E-state index in [4.69, 9.17) is 4.74 Å². The van der Waals surface area contributed by atoms with Gasteiger partial charge in [0.2, 0.25) is 0 Å². The van der Waals surface area contributed by atoms with Gasteiger partial charge in [0.25, 0.3) is 0 Å². The first-order chi connectivity index (χ1) is 11.9. The maximum Gasteiger partial charge on any atom is 0.302 e. The number of esters is 1. The van der Waals surface area contributed by atoms with Crippen molar-refractivity contribution in [3.05, 3.63) is 23.3 Å². The van der Waals surface area contributed by atoms with E-state index in [1.165, 1.54) is 38.5 Å². The molecule has 0 heterocycles. The second kappa shape index (κ2) is 5.99. The zero-order valence-electron chi connectivity index (χ0n) is 16.4. The van der Waals surface area contributed by atoms with Crippen molar-refractivity contribution in [3.63, 3.8) is 0 Å². The summed E-state index contributed by atoms with van der Waals surface area (Å²) in [6, 6.07) is 0. The summed E-state index contributed by atoms with van der Waals surface area (Å²) < 4.78 is 5.55. The maximum absolute atomic E-state index is 11.4. The van der Waals surface area contributed by atoms with Gasteiger partial charge in [-0.25, -0.2) is 0 Å². The SMILES string of the molecule is C/C=C1/CC[C@@H]2[C@H]3CC=C4C[C@@H](OC(C)=O)CC[C@]4(C)[C@@H]3CC[C@@]12C. The van der Waals surface area contributed by atoms with Crippen LogP contribution in [-0.2, 0) is 9.53 Å². The second-order valence-corrected chi connectivity index (χ2v) is 9.54. The van der Waals surface area contributed by atoms with E-state index in [1.54, 1.807) is 18.1 Å². The summed E-state index contributed by atoms with van der Waals surface area (Å²) in [4.78, 5) is 11.4. The Balaban J connectivity index is 1.60. The van der Waals surface area contributed by atoms with Gasteiger partial charge in [0, 0.05) is 13.3 Å². The lowest BCUT2D eigenvalue weighted by atomic mass is 9.48. The van der Waals surface area contributed by atoms with E-state index in [0.29, 0.717) is 10.8 Å². The molecule has 0 unspecified atom stereocenters. The van der Waals surface area contributed by atoms with E-state index in [0.717, 1.165) is 30.6 Å². The molecule has 0 radical (unpaired) electrons. The largest absolute Gasteiger partial charge is 0.462 e. The molecule has 4 aliphatic carbocycles. The van der Waals surface area contributed by atoms with Crippen molar-refractivity contribution in [1.29, 1.82) is 0 Å². The topological polar surface area (TPSA) is 26.3 Å². The van der Waals surface area contributed by atoms with Gasteiger partial charge in [0.1, 0.15) is 6.10 Å². The standard InChI is InChI=1S/C23H34O2/c1-5-16-7-9-20-19-8-6-17-14-18(25-15(2)24)10-12-23(17,4)21(19)11-13-22(16,20)3/h5-6,18-21H,7-14H2,1-4H3/b16-5-/t18-,19+,20+,21+,22-,23-/m0/s1. The van der Waals surface area contributed by atoms with Crippen molar-refractivity contribution in [2.24, 2.45) is 28.6 Å². The first-order valence-corrected chi connectivity index (χ1v) is 10.4. The van der Waals surface area contributed by atoms with Gasteiger partial charge >= 0.3 is 5.97 Å². The molecule has 0 aliphatic heterocycles. The average Bonchev–Trinajstić information content (AvgIpc) is 2.91. The molecule has 2 nitrogen and oxygen atoms in total. The Hall–Kier alpha value is -1.05. The minimum absolute atomic E-state index is 0.114. The number of hydrogen-bond donors (Lipinski definition) is 0. The minimum Gasteiger partial charge on any atom is -0.462 e. The zero-order chi connectivity index (χ0) is 17.8.